The van der Waals surface area contributed by atoms with E-state index in [0.29, 0.717) is 10.9 Å². The Balaban J connectivity index is 2.97. The fourth-order valence-electron chi connectivity index (χ4n) is 0.941. The van der Waals surface area contributed by atoms with Gasteiger partial charge in [0.2, 0.25) is 0 Å². The predicted octanol–water partition coefficient (Wildman–Crippen LogP) is 2.66. The van der Waals surface area contributed by atoms with Crippen LogP contribution in [0.25, 0.3) is 0 Å². The standard InChI is InChI=1S/C9H8Cl2O3/c10-3-4-14-8-5-6(11)1-2-7(8)9(12)13/h1-2,5H,3-4H2,(H,12,13). The number of halogens is 2. The van der Waals surface area contributed by atoms with Crippen LogP contribution in [-0.2, 0) is 0 Å². The molecule has 1 aromatic carbocycles. The van der Waals surface area contributed by atoms with Gasteiger partial charge in [0.05, 0.1) is 5.88 Å². The highest BCUT2D eigenvalue weighted by atomic mass is 35.5. The molecule has 0 heterocycles. The maximum atomic E-state index is 10.7. The highest BCUT2D eigenvalue weighted by Crippen LogP contribution is 2.23. The topological polar surface area (TPSA) is 46.5 Å². The number of carboxylic acids is 1. The fraction of sp³-hybridized carbons (Fsp3) is 0.222. The minimum atomic E-state index is -1.05. The Morgan fingerprint density at radius 3 is 2.79 bits per heavy atom. The maximum Gasteiger partial charge on any atom is 0.339 e. The van der Waals surface area contributed by atoms with Gasteiger partial charge in [0.15, 0.2) is 0 Å². The summed E-state index contributed by atoms with van der Waals surface area (Å²) in [6.45, 7) is 0.252. The number of rotatable bonds is 4. The van der Waals surface area contributed by atoms with Crippen molar-refractivity contribution in [2.24, 2.45) is 0 Å². The summed E-state index contributed by atoms with van der Waals surface area (Å²) in [5, 5.41) is 9.23. The number of carbonyl (C=O) groups is 1. The first-order chi connectivity index (χ1) is 6.65. The third kappa shape index (κ3) is 2.79. The number of aromatic carboxylic acids is 1. The number of alkyl halides is 1. The minimum absolute atomic E-state index is 0.0829. The second-order valence-electron chi connectivity index (χ2n) is 2.48. The summed E-state index contributed by atoms with van der Waals surface area (Å²) < 4.78 is 5.13. The SMILES string of the molecule is O=C(O)c1ccc(Cl)cc1OCCCl. The Morgan fingerprint density at radius 2 is 2.21 bits per heavy atom. The van der Waals surface area contributed by atoms with Gasteiger partial charge in [0.1, 0.15) is 17.9 Å². The molecule has 0 aromatic heterocycles. The van der Waals surface area contributed by atoms with E-state index in [4.69, 9.17) is 33.0 Å². The van der Waals surface area contributed by atoms with E-state index < -0.39 is 5.97 Å². The van der Waals surface area contributed by atoms with Crippen molar-refractivity contribution in [3.63, 3.8) is 0 Å². The van der Waals surface area contributed by atoms with Crippen LogP contribution in [0.4, 0.5) is 0 Å². The third-order valence-corrected chi connectivity index (χ3v) is 1.90. The van der Waals surface area contributed by atoms with E-state index in [1.807, 2.05) is 0 Å². The zero-order valence-corrected chi connectivity index (χ0v) is 8.68. The van der Waals surface area contributed by atoms with Crippen LogP contribution in [0, 0.1) is 0 Å². The first-order valence-electron chi connectivity index (χ1n) is 3.86. The normalized spacial score (nSPS) is 9.86. The third-order valence-electron chi connectivity index (χ3n) is 1.51. The molecule has 0 atom stereocenters. The molecule has 1 aromatic rings. The van der Waals surface area contributed by atoms with Gasteiger partial charge < -0.3 is 9.84 Å². The molecule has 0 aliphatic heterocycles. The molecule has 0 amide bonds. The van der Waals surface area contributed by atoms with Gasteiger partial charge in [-0.1, -0.05) is 11.6 Å². The van der Waals surface area contributed by atoms with E-state index in [-0.39, 0.29) is 17.9 Å². The van der Waals surface area contributed by atoms with E-state index in [0.717, 1.165) is 0 Å². The predicted molar refractivity (Wildman–Crippen MR) is 54.6 cm³/mol. The van der Waals surface area contributed by atoms with Crippen LogP contribution in [0.5, 0.6) is 5.75 Å². The van der Waals surface area contributed by atoms with E-state index >= 15 is 0 Å². The molecule has 0 aliphatic rings. The summed E-state index contributed by atoms with van der Waals surface area (Å²) in [6.07, 6.45) is 0. The fourth-order valence-corrected chi connectivity index (χ4v) is 1.18. The van der Waals surface area contributed by atoms with Gasteiger partial charge in [0, 0.05) is 5.02 Å². The van der Waals surface area contributed by atoms with E-state index in [1.165, 1.54) is 18.2 Å². The minimum Gasteiger partial charge on any atom is -0.491 e. The lowest BCUT2D eigenvalue weighted by molar-refractivity contribution is 0.0692. The monoisotopic (exact) mass is 234 g/mol. The highest BCUT2D eigenvalue weighted by Gasteiger charge is 2.11. The molecular formula is C9H8Cl2O3. The highest BCUT2D eigenvalue weighted by molar-refractivity contribution is 6.30. The molecule has 1 N–H and O–H groups in total. The molecule has 76 valence electrons. The summed E-state index contributed by atoms with van der Waals surface area (Å²) in [5.41, 5.74) is 0.0829. The van der Waals surface area contributed by atoms with Crippen LogP contribution >= 0.6 is 23.2 Å². The van der Waals surface area contributed by atoms with Crippen molar-refractivity contribution in [3.8, 4) is 5.75 Å². The van der Waals surface area contributed by atoms with Gasteiger partial charge in [-0.25, -0.2) is 4.79 Å². The largest absolute Gasteiger partial charge is 0.491 e. The van der Waals surface area contributed by atoms with Crippen LogP contribution < -0.4 is 4.74 Å². The Labute approximate surface area is 91.2 Å². The van der Waals surface area contributed by atoms with Crippen LogP contribution in [0.2, 0.25) is 5.02 Å². The number of hydrogen-bond donors (Lipinski definition) is 1. The van der Waals surface area contributed by atoms with Crippen LogP contribution in [0.15, 0.2) is 18.2 Å². The summed E-state index contributed by atoms with van der Waals surface area (Å²) >= 11 is 11.1. The molecule has 0 saturated heterocycles. The number of ether oxygens (including phenoxy) is 1. The van der Waals surface area contributed by atoms with Gasteiger partial charge in [-0.05, 0) is 18.2 Å². The van der Waals surface area contributed by atoms with Crippen molar-refractivity contribution in [1.29, 1.82) is 0 Å². The van der Waals surface area contributed by atoms with Gasteiger partial charge in [-0.3, -0.25) is 0 Å². The van der Waals surface area contributed by atoms with Crippen molar-refractivity contribution < 1.29 is 14.6 Å². The molecule has 0 aliphatic carbocycles. The summed E-state index contributed by atoms with van der Waals surface area (Å²) in [7, 11) is 0. The molecule has 3 nitrogen and oxygen atoms in total. The van der Waals surface area contributed by atoms with Crippen molar-refractivity contribution >= 4 is 29.2 Å². The molecular weight excluding hydrogens is 227 g/mol. The zero-order chi connectivity index (χ0) is 10.6. The first-order valence-corrected chi connectivity index (χ1v) is 4.78. The molecule has 0 saturated carbocycles. The number of carboxylic acid groups (broad SMARTS) is 1. The summed E-state index contributed by atoms with van der Waals surface area (Å²) in [4.78, 5) is 10.7. The Hall–Kier alpha value is -0.930. The smallest absolute Gasteiger partial charge is 0.339 e. The van der Waals surface area contributed by atoms with E-state index in [1.54, 1.807) is 0 Å². The van der Waals surface area contributed by atoms with Crippen molar-refractivity contribution in [1.82, 2.24) is 0 Å². The molecule has 0 unspecified atom stereocenters. The molecule has 0 bridgehead atoms. The zero-order valence-electron chi connectivity index (χ0n) is 7.17. The molecule has 5 heteroatoms. The summed E-state index contributed by atoms with van der Waals surface area (Å²) in [5.74, 6) is -0.511. The van der Waals surface area contributed by atoms with Gasteiger partial charge >= 0.3 is 5.97 Å². The summed E-state index contributed by atoms with van der Waals surface area (Å²) in [6, 6.07) is 4.35. The lowest BCUT2D eigenvalue weighted by Gasteiger charge is -2.07. The van der Waals surface area contributed by atoms with E-state index in [2.05, 4.69) is 0 Å². The van der Waals surface area contributed by atoms with Gasteiger partial charge in [0.25, 0.3) is 0 Å². The molecule has 14 heavy (non-hydrogen) atoms. The van der Waals surface area contributed by atoms with Crippen LogP contribution in [0.1, 0.15) is 10.4 Å². The van der Waals surface area contributed by atoms with Gasteiger partial charge in [-0.2, -0.15) is 0 Å². The molecule has 0 spiro atoms. The van der Waals surface area contributed by atoms with Crippen molar-refractivity contribution in [2.45, 2.75) is 0 Å². The molecule has 0 radical (unpaired) electrons. The first kappa shape index (κ1) is 11.1. The lowest BCUT2D eigenvalue weighted by atomic mass is 10.2. The van der Waals surface area contributed by atoms with Gasteiger partial charge in [-0.15, -0.1) is 11.6 Å². The Kier molecular flexibility index (Phi) is 4.04. The number of hydrogen-bond acceptors (Lipinski definition) is 2. The van der Waals surface area contributed by atoms with E-state index in [9.17, 15) is 4.79 Å². The second kappa shape index (κ2) is 5.08. The molecule has 1 rings (SSSR count). The average molecular weight is 235 g/mol. The maximum absolute atomic E-state index is 10.7. The van der Waals surface area contributed by atoms with Crippen LogP contribution in [-0.4, -0.2) is 23.6 Å². The Bertz CT molecular complexity index is 339. The average Bonchev–Trinajstić information content (AvgIpc) is 2.14. The Morgan fingerprint density at radius 1 is 1.50 bits per heavy atom. The number of benzene rings is 1. The van der Waals surface area contributed by atoms with Crippen molar-refractivity contribution in [2.75, 3.05) is 12.5 Å². The molecule has 0 fully saturated rings. The quantitative estimate of drug-likeness (QED) is 0.816. The second-order valence-corrected chi connectivity index (χ2v) is 3.30. The van der Waals surface area contributed by atoms with Crippen molar-refractivity contribution in [3.05, 3.63) is 28.8 Å². The lowest BCUT2D eigenvalue weighted by Crippen LogP contribution is -2.05. The van der Waals surface area contributed by atoms with Crippen LogP contribution in [0.3, 0.4) is 0 Å².